The zero-order valence-corrected chi connectivity index (χ0v) is 73.0. The highest BCUT2D eigenvalue weighted by atomic mass is 16.6. The zero-order valence-electron chi connectivity index (χ0n) is 73.0. The van der Waals surface area contributed by atoms with Gasteiger partial charge in [0.25, 0.3) is 23.6 Å². The lowest BCUT2D eigenvalue weighted by Gasteiger charge is -2.39. The van der Waals surface area contributed by atoms with Crippen LogP contribution in [0.2, 0.25) is 0 Å². The minimum atomic E-state index is -1.66. The fourth-order valence-corrected chi connectivity index (χ4v) is 20.7. The van der Waals surface area contributed by atoms with Crippen LogP contribution < -0.4 is 50.2 Å². The predicted molar refractivity (Wildman–Crippen MR) is 470 cm³/mol. The van der Waals surface area contributed by atoms with Crippen molar-refractivity contribution in [2.75, 3.05) is 166 Å². The molecular formula is C93H136N16O12. The van der Waals surface area contributed by atoms with Gasteiger partial charge < -0.3 is 79.0 Å². The van der Waals surface area contributed by atoms with Gasteiger partial charge in [0, 0.05) is 149 Å². The normalized spacial score (nSPS) is 22.4. The molecule has 28 heteroatoms. The Morgan fingerprint density at radius 1 is 0.421 bits per heavy atom. The third-order valence-corrected chi connectivity index (χ3v) is 27.6. The summed E-state index contributed by atoms with van der Waals surface area (Å²) >= 11 is 0. The number of nitrogens with zero attached hydrogens (tertiary/aromatic N) is 13. The Bertz CT molecular complexity index is 4170. The number of anilines is 8. The number of carbonyl (C=O) groups excluding carboxylic acids is 8. The molecule has 0 aromatic carbocycles. The fraction of sp³-hybridized carbons (Fsp3) is 0.699. The Kier molecular flexibility index (Phi) is 31.2. The Hall–Kier alpha value is -9.08. The Balaban J connectivity index is 0.750. The SMILES string of the molecule is CCCNc1nc(N2CCC[C@H](C(OC(=O)C[C@@H]3CCCN(c4ccc(C(=O)N(C)C5CCCCC5)c(N(C)CCC)n4)C3)C(=O)OC(C(=O)OC(=O)C[C@@H]3CCCN(c4ccc(C(=O)NC5CCCCC5)c(N5CCCC5)n4)C3)[C@H]3CCCN(c4ccc(C(=O)NC5CCCCC5)c(N5CCOCC5)n4)C3)C2)ccc1C(=O)N(C)C1CCCCC1. The van der Waals surface area contributed by atoms with E-state index in [2.05, 4.69) is 59.2 Å². The van der Waals surface area contributed by atoms with Crippen molar-refractivity contribution in [3.63, 3.8) is 0 Å². The number of piperidine rings is 4. The van der Waals surface area contributed by atoms with Gasteiger partial charge in [-0.2, -0.15) is 0 Å². The van der Waals surface area contributed by atoms with E-state index in [1.165, 1.54) is 12.8 Å². The number of amides is 4. The lowest BCUT2D eigenvalue weighted by atomic mass is 9.90. The number of hydrogen-bond acceptors (Lipinski definition) is 24. The molecule has 4 aromatic heterocycles. The van der Waals surface area contributed by atoms with Crippen LogP contribution in [0.5, 0.6) is 0 Å². The summed E-state index contributed by atoms with van der Waals surface area (Å²) in [6.45, 7) is 12.7. The van der Waals surface area contributed by atoms with Gasteiger partial charge in [0.15, 0.2) is 0 Å². The molecule has 10 heterocycles. The molecule has 6 aliphatic heterocycles. The van der Waals surface area contributed by atoms with Crippen molar-refractivity contribution >= 4 is 94.0 Å². The summed E-state index contributed by atoms with van der Waals surface area (Å²) in [4.78, 5) is 159. The highest BCUT2D eigenvalue weighted by molar-refractivity contribution is 6.02. The van der Waals surface area contributed by atoms with Crippen molar-refractivity contribution < 1.29 is 57.3 Å². The number of morpholine rings is 1. The van der Waals surface area contributed by atoms with E-state index in [1.54, 1.807) is 0 Å². The first-order chi connectivity index (χ1) is 58.9. The van der Waals surface area contributed by atoms with Crippen molar-refractivity contribution in [3.05, 3.63) is 70.8 Å². The van der Waals surface area contributed by atoms with Gasteiger partial charge in [0.2, 0.25) is 12.2 Å². The highest BCUT2D eigenvalue weighted by Gasteiger charge is 2.45. The van der Waals surface area contributed by atoms with Crippen LogP contribution in [0.3, 0.4) is 0 Å². The van der Waals surface area contributed by atoms with Gasteiger partial charge >= 0.3 is 23.9 Å². The fourth-order valence-electron chi connectivity index (χ4n) is 20.7. The van der Waals surface area contributed by atoms with Crippen LogP contribution in [0, 0.1) is 23.7 Å². The third kappa shape index (κ3) is 22.7. The Morgan fingerprint density at radius 2 is 0.843 bits per heavy atom. The van der Waals surface area contributed by atoms with Crippen LogP contribution in [0.25, 0.3) is 0 Å². The molecule has 660 valence electrons. The maximum atomic E-state index is 16.1. The maximum Gasteiger partial charge on any atom is 0.355 e. The topological polar surface area (TPSA) is 290 Å². The molecule has 4 saturated carbocycles. The summed E-state index contributed by atoms with van der Waals surface area (Å²) in [5.41, 5.74) is 2.06. The van der Waals surface area contributed by atoms with Crippen molar-refractivity contribution in [1.29, 1.82) is 0 Å². The van der Waals surface area contributed by atoms with Crippen LogP contribution in [0.1, 0.15) is 274 Å². The van der Waals surface area contributed by atoms with Crippen LogP contribution >= 0.6 is 0 Å². The molecule has 121 heavy (non-hydrogen) atoms. The highest BCUT2D eigenvalue weighted by Crippen LogP contribution is 2.38. The van der Waals surface area contributed by atoms with E-state index in [4.69, 9.17) is 38.9 Å². The molecule has 10 fully saturated rings. The second kappa shape index (κ2) is 42.8. The van der Waals surface area contributed by atoms with Gasteiger partial charge in [0.05, 0.1) is 48.3 Å². The molecule has 4 aliphatic carbocycles. The number of pyridine rings is 4. The van der Waals surface area contributed by atoms with Gasteiger partial charge in [-0.15, -0.1) is 0 Å². The Morgan fingerprint density at radius 3 is 1.35 bits per heavy atom. The summed E-state index contributed by atoms with van der Waals surface area (Å²) < 4.78 is 25.3. The molecule has 28 nitrogen and oxygen atoms in total. The molecule has 10 aliphatic rings. The van der Waals surface area contributed by atoms with Crippen molar-refractivity contribution in [3.8, 4) is 0 Å². The summed E-state index contributed by atoms with van der Waals surface area (Å²) in [5, 5.41) is 10.1. The van der Waals surface area contributed by atoms with E-state index in [0.717, 1.165) is 167 Å². The van der Waals surface area contributed by atoms with Crippen LogP contribution in [-0.4, -0.2) is 240 Å². The molecule has 0 bridgehead atoms. The molecule has 0 radical (unpaired) electrons. The molecule has 0 spiro atoms. The van der Waals surface area contributed by atoms with Crippen molar-refractivity contribution in [2.45, 2.75) is 269 Å². The number of aromatic nitrogens is 4. The van der Waals surface area contributed by atoms with Gasteiger partial charge in [-0.25, -0.2) is 29.5 Å². The van der Waals surface area contributed by atoms with E-state index in [9.17, 15) is 24.0 Å². The standard InChI is InChI=1S/C93H136N16O12/c1-6-46-94-84-72(90(114)102(4)70-34-16-10-17-35-70)38-42-76(97-84)108-52-24-28-66(62-108)82(119-80(110)58-64-26-22-50-106(60-64)77-45-41-75(85(98-77)101(3)47-7-2)91(115)103(5)71-36-18-11-19-37-71)93(117)121-83(67-29-25-53-109(63-67)79-44-40-74(87(100-79)105-54-56-118-57-55-105)89(113)96-69-32-14-9-15-33-69)92(116)120-81(111)59-65-27-23-51-107(61-65)78-43-39-73(86(99-78)104-48-20-21-49-104)88(112)95-68-30-12-8-13-31-68/h38-45,64-71,82-83H,6-37,46-63H2,1-5H3,(H,94,97)(H,95,112)(H,96,113)/t64-,65-,66-,67-,82?,83?/m0/s1. The van der Waals surface area contributed by atoms with E-state index >= 15 is 14.4 Å². The number of hydrogen-bond donors (Lipinski definition) is 3. The van der Waals surface area contributed by atoms with Crippen LogP contribution in [0.15, 0.2) is 48.5 Å². The van der Waals surface area contributed by atoms with Crippen LogP contribution in [-0.2, 0) is 38.1 Å². The largest absolute Gasteiger partial charge is 0.450 e. The lowest BCUT2D eigenvalue weighted by molar-refractivity contribution is -0.187. The molecule has 6 saturated heterocycles. The van der Waals surface area contributed by atoms with Gasteiger partial charge in [-0.05, 0) is 189 Å². The summed E-state index contributed by atoms with van der Waals surface area (Å²) in [6.07, 6.45) is 26.0. The molecular weight excluding hydrogens is 1530 g/mol. The minimum Gasteiger partial charge on any atom is -0.450 e. The smallest absolute Gasteiger partial charge is 0.355 e. The van der Waals surface area contributed by atoms with E-state index < -0.39 is 47.9 Å². The number of rotatable bonds is 30. The lowest BCUT2D eigenvalue weighted by Crippen LogP contribution is -2.50. The first kappa shape index (κ1) is 88.2. The van der Waals surface area contributed by atoms with Gasteiger partial charge in [0.1, 0.15) is 46.5 Å². The van der Waals surface area contributed by atoms with Gasteiger partial charge in [-0.3, -0.25) is 28.8 Å². The monoisotopic (exact) mass is 1670 g/mol. The van der Waals surface area contributed by atoms with E-state index in [1.807, 2.05) is 84.4 Å². The summed E-state index contributed by atoms with van der Waals surface area (Å²) in [7, 11) is 5.78. The van der Waals surface area contributed by atoms with E-state index in [-0.39, 0.29) is 85.6 Å². The van der Waals surface area contributed by atoms with Crippen molar-refractivity contribution in [1.82, 2.24) is 40.4 Å². The molecule has 14 rings (SSSR count). The number of nitrogens with one attached hydrogen (secondary N) is 3. The summed E-state index contributed by atoms with van der Waals surface area (Å²) in [6, 6.07) is 15.5. The molecule has 4 amide bonds. The average Bonchev–Trinajstić information content (AvgIpc) is 1.72. The second-order valence-electron chi connectivity index (χ2n) is 36.4. The first-order valence-corrected chi connectivity index (χ1v) is 46.8. The number of carbonyl (C=O) groups is 8. The van der Waals surface area contributed by atoms with E-state index in [0.29, 0.717) is 186 Å². The van der Waals surface area contributed by atoms with Crippen molar-refractivity contribution in [2.24, 2.45) is 23.7 Å². The Labute approximate surface area is 716 Å². The minimum absolute atomic E-state index is 0.0425. The van der Waals surface area contributed by atoms with Crippen LogP contribution in [0.4, 0.5) is 46.5 Å². The molecule has 3 N–H and O–H groups in total. The molecule has 6 atom stereocenters. The summed E-state index contributed by atoms with van der Waals surface area (Å²) in [5.74, 6) is -0.862. The predicted octanol–water partition coefficient (Wildman–Crippen LogP) is 12.9. The number of esters is 4. The quantitative estimate of drug-likeness (QED) is 0.0248. The second-order valence-corrected chi connectivity index (χ2v) is 36.4. The molecule has 2 unspecified atom stereocenters. The maximum absolute atomic E-state index is 16.1. The third-order valence-electron chi connectivity index (χ3n) is 27.6. The molecule has 4 aromatic rings. The number of ether oxygens (including phenoxy) is 4. The first-order valence-electron chi connectivity index (χ1n) is 46.8. The average molecular weight is 1670 g/mol. The zero-order chi connectivity index (χ0) is 84.3. The van der Waals surface area contributed by atoms with Gasteiger partial charge in [-0.1, -0.05) is 90.9 Å².